The average Bonchev–Trinajstić information content (AvgIpc) is 2.58. The number of amides is 1. The minimum atomic E-state index is -0.487. The molecule has 0 saturated carbocycles. The van der Waals surface area contributed by atoms with E-state index < -0.39 is 4.92 Å². The fourth-order valence-corrected chi connectivity index (χ4v) is 1.99. The molecule has 126 valence electrons. The van der Waals surface area contributed by atoms with E-state index in [9.17, 15) is 14.9 Å². The van der Waals surface area contributed by atoms with Crippen molar-refractivity contribution in [3.63, 3.8) is 0 Å². The number of nitro groups is 1. The number of nitro benzene ring substituents is 1. The van der Waals surface area contributed by atoms with Crippen molar-refractivity contribution in [2.45, 2.75) is 0 Å². The van der Waals surface area contributed by atoms with E-state index in [-0.39, 0.29) is 18.1 Å². The molecule has 0 radical (unpaired) electrons. The maximum absolute atomic E-state index is 11.7. The van der Waals surface area contributed by atoms with E-state index >= 15 is 0 Å². The standard InChI is InChI=1S/C16H16ClN3O4/c17-12-4-6-15(7-5-12)24-9-8-18-16(21)11-19-13-2-1-3-14(10-13)20(22)23/h1-7,10,19H,8-9,11H2,(H,18,21). The van der Waals surface area contributed by atoms with Crippen LogP contribution < -0.4 is 15.4 Å². The zero-order chi connectivity index (χ0) is 17.4. The van der Waals surface area contributed by atoms with Gasteiger partial charge in [-0.25, -0.2) is 0 Å². The molecule has 0 atom stereocenters. The van der Waals surface area contributed by atoms with Gasteiger partial charge in [-0.3, -0.25) is 14.9 Å². The van der Waals surface area contributed by atoms with Crippen molar-refractivity contribution >= 4 is 28.9 Å². The topological polar surface area (TPSA) is 93.5 Å². The number of benzene rings is 2. The number of non-ortho nitro benzene ring substituents is 1. The van der Waals surface area contributed by atoms with E-state index in [0.29, 0.717) is 29.6 Å². The normalized spacial score (nSPS) is 10.0. The molecule has 0 aromatic heterocycles. The van der Waals surface area contributed by atoms with Gasteiger partial charge in [0.05, 0.1) is 18.0 Å². The number of rotatable bonds is 8. The first-order chi connectivity index (χ1) is 11.5. The number of hydrogen-bond acceptors (Lipinski definition) is 5. The first kappa shape index (κ1) is 17.6. The molecular formula is C16H16ClN3O4. The molecule has 2 aromatic rings. The highest BCUT2D eigenvalue weighted by Gasteiger charge is 2.06. The number of ether oxygens (including phenoxy) is 1. The van der Waals surface area contributed by atoms with E-state index in [0.717, 1.165) is 0 Å². The third-order valence-electron chi connectivity index (χ3n) is 3.02. The summed E-state index contributed by atoms with van der Waals surface area (Å²) in [7, 11) is 0. The summed E-state index contributed by atoms with van der Waals surface area (Å²) < 4.78 is 5.45. The Morgan fingerprint density at radius 2 is 1.96 bits per heavy atom. The summed E-state index contributed by atoms with van der Waals surface area (Å²) in [6.07, 6.45) is 0. The van der Waals surface area contributed by atoms with Crippen LogP contribution in [0.3, 0.4) is 0 Å². The molecule has 2 N–H and O–H groups in total. The van der Waals surface area contributed by atoms with E-state index in [1.54, 1.807) is 36.4 Å². The van der Waals surface area contributed by atoms with Crippen LogP contribution in [-0.4, -0.2) is 30.5 Å². The van der Waals surface area contributed by atoms with E-state index in [4.69, 9.17) is 16.3 Å². The molecule has 8 heteroatoms. The van der Waals surface area contributed by atoms with Crippen LogP contribution in [0, 0.1) is 10.1 Å². The van der Waals surface area contributed by atoms with E-state index in [1.165, 1.54) is 12.1 Å². The van der Waals surface area contributed by atoms with Crippen LogP contribution in [0.4, 0.5) is 11.4 Å². The lowest BCUT2D eigenvalue weighted by Crippen LogP contribution is -2.33. The monoisotopic (exact) mass is 349 g/mol. The summed E-state index contributed by atoms with van der Waals surface area (Å²) in [4.78, 5) is 21.9. The molecule has 0 aliphatic heterocycles. The number of nitrogens with zero attached hydrogens (tertiary/aromatic N) is 1. The minimum absolute atomic E-state index is 0.0160. The second-order valence-electron chi connectivity index (χ2n) is 4.81. The molecule has 0 aliphatic rings. The van der Waals surface area contributed by atoms with Crippen LogP contribution in [0.1, 0.15) is 0 Å². The highest BCUT2D eigenvalue weighted by atomic mass is 35.5. The summed E-state index contributed by atoms with van der Waals surface area (Å²) in [6, 6.07) is 12.9. The van der Waals surface area contributed by atoms with Gasteiger partial charge in [-0.15, -0.1) is 0 Å². The average molecular weight is 350 g/mol. The van der Waals surface area contributed by atoms with Gasteiger partial charge in [-0.05, 0) is 30.3 Å². The predicted molar refractivity (Wildman–Crippen MR) is 91.5 cm³/mol. The van der Waals surface area contributed by atoms with Crippen molar-refractivity contribution < 1.29 is 14.5 Å². The predicted octanol–water partition coefficient (Wildman–Crippen LogP) is 2.86. The summed E-state index contributed by atoms with van der Waals surface area (Å²) in [5.41, 5.74) is 0.480. The van der Waals surface area contributed by atoms with Gasteiger partial charge in [0.25, 0.3) is 5.69 Å². The van der Waals surface area contributed by atoms with Crippen molar-refractivity contribution in [1.82, 2.24) is 5.32 Å². The molecule has 2 rings (SSSR count). The van der Waals surface area contributed by atoms with Crippen LogP contribution in [0.2, 0.25) is 5.02 Å². The van der Waals surface area contributed by atoms with Crippen LogP contribution in [-0.2, 0) is 4.79 Å². The SMILES string of the molecule is O=C(CNc1cccc([N+](=O)[O-])c1)NCCOc1ccc(Cl)cc1. The third kappa shape index (κ3) is 5.77. The number of anilines is 1. The largest absolute Gasteiger partial charge is 0.492 e. The third-order valence-corrected chi connectivity index (χ3v) is 3.27. The summed E-state index contributed by atoms with van der Waals surface area (Å²) >= 11 is 5.77. The zero-order valence-corrected chi connectivity index (χ0v) is 13.5. The smallest absolute Gasteiger partial charge is 0.271 e. The van der Waals surface area contributed by atoms with Crippen LogP contribution in [0.25, 0.3) is 0 Å². The van der Waals surface area contributed by atoms with Crippen molar-refractivity contribution in [3.8, 4) is 5.75 Å². The fourth-order valence-electron chi connectivity index (χ4n) is 1.86. The van der Waals surface area contributed by atoms with E-state index in [1.807, 2.05) is 0 Å². The van der Waals surface area contributed by atoms with Gasteiger partial charge in [0.2, 0.25) is 5.91 Å². The lowest BCUT2D eigenvalue weighted by atomic mass is 10.3. The lowest BCUT2D eigenvalue weighted by molar-refractivity contribution is -0.384. The molecule has 0 heterocycles. The van der Waals surface area contributed by atoms with Gasteiger partial charge >= 0.3 is 0 Å². The van der Waals surface area contributed by atoms with E-state index in [2.05, 4.69) is 10.6 Å². The molecule has 0 bridgehead atoms. The van der Waals surface area contributed by atoms with Gasteiger partial charge in [0.1, 0.15) is 12.4 Å². The summed E-state index contributed by atoms with van der Waals surface area (Å²) in [5.74, 6) is 0.435. The Hall–Kier alpha value is -2.80. The van der Waals surface area contributed by atoms with Crippen molar-refractivity contribution in [2.24, 2.45) is 0 Å². The second kappa shape index (κ2) is 8.73. The molecule has 2 aromatic carbocycles. The highest BCUT2D eigenvalue weighted by molar-refractivity contribution is 6.30. The maximum atomic E-state index is 11.7. The maximum Gasteiger partial charge on any atom is 0.271 e. The zero-order valence-electron chi connectivity index (χ0n) is 12.7. The van der Waals surface area contributed by atoms with Crippen molar-refractivity contribution in [3.05, 3.63) is 63.7 Å². The quantitative estimate of drug-likeness (QED) is 0.434. The Morgan fingerprint density at radius 1 is 1.21 bits per heavy atom. The number of nitrogens with one attached hydrogen (secondary N) is 2. The number of halogens is 1. The van der Waals surface area contributed by atoms with Gasteiger partial charge in [-0.1, -0.05) is 17.7 Å². The van der Waals surface area contributed by atoms with Gasteiger partial charge in [0, 0.05) is 22.8 Å². The molecule has 1 amide bonds. The number of carbonyl (C=O) groups excluding carboxylic acids is 1. The molecule has 7 nitrogen and oxygen atoms in total. The summed E-state index contributed by atoms with van der Waals surface area (Å²) in [5, 5.41) is 16.8. The molecule has 24 heavy (non-hydrogen) atoms. The number of hydrogen-bond donors (Lipinski definition) is 2. The molecular weight excluding hydrogens is 334 g/mol. The van der Waals surface area contributed by atoms with Crippen LogP contribution in [0.15, 0.2) is 48.5 Å². The van der Waals surface area contributed by atoms with Crippen molar-refractivity contribution in [1.29, 1.82) is 0 Å². The molecule has 0 spiro atoms. The second-order valence-corrected chi connectivity index (χ2v) is 5.25. The van der Waals surface area contributed by atoms with Crippen LogP contribution in [0.5, 0.6) is 5.75 Å². The Kier molecular flexibility index (Phi) is 6.39. The molecule has 0 saturated heterocycles. The molecule has 0 aliphatic carbocycles. The van der Waals surface area contributed by atoms with Gasteiger partial charge in [0.15, 0.2) is 0 Å². The van der Waals surface area contributed by atoms with Gasteiger partial charge in [-0.2, -0.15) is 0 Å². The first-order valence-corrected chi connectivity index (χ1v) is 7.56. The molecule has 0 unspecified atom stereocenters. The Balaban J connectivity index is 1.67. The Morgan fingerprint density at radius 3 is 2.67 bits per heavy atom. The van der Waals surface area contributed by atoms with Crippen molar-refractivity contribution in [2.75, 3.05) is 25.0 Å². The van der Waals surface area contributed by atoms with Crippen LogP contribution >= 0.6 is 11.6 Å². The molecule has 0 fully saturated rings. The Bertz CT molecular complexity index is 707. The highest BCUT2D eigenvalue weighted by Crippen LogP contribution is 2.16. The summed E-state index contributed by atoms with van der Waals surface area (Å²) in [6.45, 7) is 0.685. The lowest BCUT2D eigenvalue weighted by Gasteiger charge is -2.09. The minimum Gasteiger partial charge on any atom is -0.492 e. The Labute approximate surface area is 143 Å². The first-order valence-electron chi connectivity index (χ1n) is 7.18. The van der Waals surface area contributed by atoms with Gasteiger partial charge < -0.3 is 15.4 Å². The fraction of sp³-hybridized carbons (Fsp3) is 0.188. The number of carbonyl (C=O) groups is 1.